The lowest BCUT2D eigenvalue weighted by Crippen LogP contribution is -2.21. The fraction of sp³-hybridized carbons (Fsp3) is 0.125. The highest BCUT2D eigenvalue weighted by atomic mass is 35.5. The van der Waals surface area contributed by atoms with Crippen LogP contribution >= 0.6 is 22.9 Å². The first kappa shape index (κ1) is 16.6. The Hall–Kier alpha value is -2.91. The SMILES string of the molecule is Cc1nc2sc3c(=O)n(-c4ccc([N+](=O)[O-])cc4)nnc3c2c(C)c1Cl. The number of non-ortho nitro benzene ring substituents is 1. The molecule has 0 radical (unpaired) electrons. The summed E-state index contributed by atoms with van der Waals surface area (Å²) < 4.78 is 1.52. The zero-order chi connectivity index (χ0) is 18.6. The summed E-state index contributed by atoms with van der Waals surface area (Å²) in [5, 5.41) is 20.2. The van der Waals surface area contributed by atoms with Crippen LogP contribution in [0.1, 0.15) is 11.3 Å². The van der Waals surface area contributed by atoms with E-state index in [2.05, 4.69) is 15.3 Å². The summed E-state index contributed by atoms with van der Waals surface area (Å²) in [5.41, 5.74) is 1.92. The lowest BCUT2D eigenvalue weighted by Gasteiger charge is -2.04. The summed E-state index contributed by atoms with van der Waals surface area (Å²) in [4.78, 5) is 28.3. The van der Waals surface area contributed by atoms with Gasteiger partial charge < -0.3 is 0 Å². The Bertz CT molecular complexity index is 1260. The van der Waals surface area contributed by atoms with Crippen molar-refractivity contribution in [1.29, 1.82) is 0 Å². The van der Waals surface area contributed by atoms with Crippen LogP contribution in [0.25, 0.3) is 26.1 Å². The number of aromatic nitrogens is 4. The summed E-state index contributed by atoms with van der Waals surface area (Å²) in [7, 11) is 0. The van der Waals surface area contributed by atoms with Gasteiger partial charge in [-0.05, 0) is 31.5 Å². The van der Waals surface area contributed by atoms with Crippen molar-refractivity contribution in [2.45, 2.75) is 13.8 Å². The van der Waals surface area contributed by atoms with Gasteiger partial charge in [-0.3, -0.25) is 14.9 Å². The number of aryl methyl sites for hydroxylation is 2. The molecule has 0 saturated carbocycles. The third-order valence-electron chi connectivity index (χ3n) is 4.08. The summed E-state index contributed by atoms with van der Waals surface area (Å²) >= 11 is 7.51. The van der Waals surface area contributed by atoms with Crippen molar-refractivity contribution in [2.24, 2.45) is 0 Å². The quantitative estimate of drug-likeness (QED) is 0.384. The fourth-order valence-electron chi connectivity index (χ4n) is 2.76. The monoisotopic (exact) mass is 387 g/mol. The largest absolute Gasteiger partial charge is 0.292 e. The molecule has 0 unspecified atom stereocenters. The number of nitro groups is 1. The van der Waals surface area contributed by atoms with E-state index >= 15 is 0 Å². The molecule has 0 amide bonds. The molecule has 130 valence electrons. The molecule has 26 heavy (non-hydrogen) atoms. The highest BCUT2D eigenvalue weighted by Crippen LogP contribution is 2.35. The first-order valence-corrected chi connectivity index (χ1v) is 8.67. The average Bonchev–Trinajstić information content (AvgIpc) is 2.99. The van der Waals surface area contributed by atoms with Crippen LogP contribution in [0.5, 0.6) is 0 Å². The van der Waals surface area contributed by atoms with Crippen molar-refractivity contribution in [2.75, 3.05) is 0 Å². The molecule has 4 rings (SSSR count). The molecule has 1 aromatic carbocycles. The van der Waals surface area contributed by atoms with Crippen LogP contribution < -0.4 is 5.56 Å². The Morgan fingerprint density at radius 1 is 1.23 bits per heavy atom. The van der Waals surface area contributed by atoms with E-state index in [9.17, 15) is 14.9 Å². The summed E-state index contributed by atoms with van der Waals surface area (Å²) in [6.07, 6.45) is 0. The van der Waals surface area contributed by atoms with Gasteiger partial charge in [-0.1, -0.05) is 16.8 Å². The number of rotatable bonds is 2. The topological polar surface area (TPSA) is 104 Å². The lowest BCUT2D eigenvalue weighted by molar-refractivity contribution is -0.384. The molecule has 0 N–H and O–H groups in total. The van der Waals surface area contributed by atoms with E-state index in [-0.39, 0.29) is 11.2 Å². The van der Waals surface area contributed by atoms with Crippen LogP contribution in [-0.2, 0) is 0 Å². The molecular weight excluding hydrogens is 378 g/mol. The minimum Gasteiger partial charge on any atom is -0.266 e. The maximum Gasteiger partial charge on any atom is 0.292 e. The second-order valence-electron chi connectivity index (χ2n) is 5.68. The second-order valence-corrected chi connectivity index (χ2v) is 7.05. The van der Waals surface area contributed by atoms with Gasteiger partial charge in [0.25, 0.3) is 11.2 Å². The first-order chi connectivity index (χ1) is 12.4. The number of halogens is 1. The Labute approximate surface area is 154 Å². The van der Waals surface area contributed by atoms with Crippen molar-refractivity contribution in [3.05, 3.63) is 61.0 Å². The van der Waals surface area contributed by atoms with E-state index in [0.29, 0.717) is 31.5 Å². The lowest BCUT2D eigenvalue weighted by atomic mass is 10.1. The number of nitrogens with zero attached hydrogens (tertiary/aromatic N) is 5. The maximum atomic E-state index is 12.9. The molecule has 0 bridgehead atoms. The highest BCUT2D eigenvalue weighted by molar-refractivity contribution is 7.25. The minimum atomic E-state index is -0.506. The summed E-state index contributed by atoms with van der Waals surface area (Å²) in [5.74, 6) is 0. The first-order valence-electron chi connectivity index (χ1n) is 7.48. The van der Waals surface area contributed by atoms with Gasteiger partial charge in [0.05, 0.1) is 21.3 Å². The molecule has 0 atom stereocenters. The van der Waals surface area contributed by atoms with Crippen LogP contribution in [0.3, 0.4) is 0 Å². The third-order valence-corrected chi connectivity index (χ3v) is 5.70. The maximum absolute atomic E-state index is 12.9. The van der Waals surface area contributed by atoms with Crippen LogP contribution in [-0.4, -0.2) is 24.9 Å². The molecule has 0 aliphatic heterocycles. The van der Waals surface area contributed by atoms with E-state index in [1.165, 1.54) is 35.6 Å². The van der Waals surface area contributed by atoms with Crippen LogP contribution in [0.15, 0.2) is 29.1 Å². The van der Waals surface area contributed by atoms with E-state index in [1.54, 1.807) is 6.92 Å². The molecule has 0 saturated heterocycles. The van der Waals surface area contributed by atoms with Gasteiger partial charge in [0, 0.05) is 17.5 Å². The molecule has 3 heterocycles. The molecule has 10 heteroatoms. The molecule has 4 aromatic rings. The highest BCUT2D eigenvalue weighted by Gasteiger charge is 2.19. The number of benzene rings is 1. The minimum absolute atomic E-state index is 0.0670. The van der Waals surface area contributed by atoms with E-state index in [1.807, 2.05) is 6.92 Å². The number of nitro benzene ring substituents is 1. The summed E-state index contributed by atoms with van der Waals surface area (Å²) in [6, 6.07) is 5.54. The number of hydrogen-bond acceptors (Lipinski definition) is 7. The molecular formula is C16H10ClN5O3S. The number of pyridine rings is 1. The number of hydrogen-bond donors (Lipinski definition) is 0. The molecule has 0 fully saturated rings. The van der Waals surface area contributed by atoms with Gasteiger partial charge in [-0.15, -0.1) is 16.4 Å². The van der Waals surface area contributed by atoms with Gasteiger partial charge >= 0.3 is 0 Å². The standard InChI is InChI=1S/C16H10ClN5O3S/c1-7-11-13-14(26-15(11)18-8(2)12(7)17)16(23)21(20-19-13)9-3-5-10(6-4-9)22(24)25/h3-6H,1-2H3. The zero-order valence-electron chi connectivity index (χ0n) is 13.6. The Morgan fingerprint density at radius 2 is 1.92 bits per heavy atom. The number of thiophene rings is 1. The van der Waals surface area contributed by atoms with Gasteiger partial charge in [-0.2, -0.15) is 4.68 Å². The van der Waals surface area contributed by atoms with E-state index < -0.39 is 4.92 Å². The van der Waals surface area contributed by atoms with Gasteiger partial charge in [0.2, 0.25) is 0 Å². The van der Waals surface area contributed by atoms with Gasteiger partial charge in [0.1, 0.15) is 15.0 Å². The van der Waals surface area contributed by atoms with E-state index in [0.717, 1.165) is 15.6 Å². The van der Waals surface area contributed by atoms with Gasteiger partial charge in [-0.25, -0.2) is 4.98 Å². The third kappa shape index (κ3) is 2.36. The van der Waals surface area contributed by atoms with Crippen molar-refractivity contribution in [3.63, 3.8) is 0 Å². The van der Waals surface area contributed by atoms with Crippen LogP contribution in [0.4, 0.5) is 5.69 Å². The van der Waals surface area contributed by atoms with Gasteiger partial charge in [0.15, 0.2) is 0 Å². The summed E-state index contributed by atoms with van der Waals surface area (Å²) in [6.45, 7) is 3.66. The van der Waals surface area contributed by atoms with E-state index in [4.69, 9.17) is 11.6 Å². The predicted molar refractivity (Wildman–Crippen MR) is 99.5 cm³/mol. The molecule has 0 spiro atoms. The fourth-order valence-corrected chi connectivity index (χ4v) is 4.04. The van der Waals surface area contributed by atoms with Crippen molar-refractivity contribution < 1.29 is 4.92 Å². The molecule has 3 aromatic heterocycles. The smallest absolute Gasteiger partial charge is 0.266 e. The molecule has 8 nitrogen and oxygen atoms in total. The van der Waals surface area contributed by atoms with Crippen molar-refractivity contribution >= 4 is 49.1 Å². The van der Waals surface area contributed by atoms with Crippen molar-refractivity contribution in [1.82, 2.24) is 20.0 Å². The zero-order valence-corrected chi connectivity index (χ0v) is 15.1. The Balaban J connectivity index is 1.98. The average molecular weight is 388 g/mol. The van der Waals surface area contributed by atoms with Crippen LogP contribution in [0.2, 0.25) is 5.02 Å². The molecule has 0 aliphatic rings. The normalized spacial score (nSPS) is 11.3. The second kappa shape index (κ2) is 5.82. The predicted octanol–water partition coefficient (Wildman–Crippen LogP) is 3.57. The van der Waals surface area contributed by atoms with Crippen molar-refractivity contribution in [3.8, 4) is 5.69 Å². The Kier molecular flexibility index (Phi) is 3.70. The Morgan fingerprint density at radius 3 is 2.58 bits per heavy atom. The van der Waals surface area contributed by atoms with Crippen LogP contribution in [0, 0.1) is 24.0 Å². The molecule has 0 aliphatic carbocycles. The number of fused-ring (bicyclic) bond motifs is 3.